The largest absolute Gasteiger partial charge is 0.505 e. The molecule has 0 saturated carbocycles. The van der Waals surface area contributed by atoms with Crippen LogP contribution in [0.1, 0.15) is 229 Å². The number of rotatable bonds is 26. The molecule has 8 atom stereocenters. The zero-order valence-electron chi connectivity index (χ0n) is 76.6. The number of hydrogen-bond acceptors (Lipinski definition) is 26. The van der Waals surface area contributed by atoms with E-state index in [4.69, 9.17) is 29.3 Å². The van der Waals surface area contributed by atoms with Crippen molar-refractivity contribution < 1.29 is 81.4 Å². The first kappa shape index (κ1) is 104. The van der Waals surface area contributed by atoms with Crippen LogP contribution in [0.25, 0.3) is 0 Å². The molecule has 12 rings (SSSR count). The Balaban J connectivity index is 0.000000197. The maximum Gasteiger partial charge on any atom is 0.269 e. The summed E-state index contributed by atoms with van der Waals surface area (Å²) >= 11 is 1.99. The molecule has 4 aliphatic rings. The van der Waals surface area contributed by atoms with Crippen molar-refractivity contribution >= 4 is 174 Å². The van der Waals surface area contributed by atoms with Crippen molar-refractivity contribution in [3.63, 3.8) is 0 Å². The molecular formula is C85H112BrClN20O18S6. The van der Waals surface area contributed by atoms with Gasteiger partial charge in [-0.15, -0.1) is 35.2 Å². The van der Waals surface area contributed by atoms with E-state index in [1.54, 1.807) is 84.4 Å². The Morgan fingerprint density at radius 1 is 0.420 bits per heavy atom. The lowest BCUT2D eigenvalue weighted by atomic mass is 9.99. The van der Waals surface area contributed by atoms with Crippen LogP contribution in [0.15, 0.2) is 171 Å². The molecule has 38 nitrogen and oxygen atoms in total. The van der Waals surface area contributed by atoms with E-state index in [1.165, 1.54) is 68.3 Å². The number of para-hydroxylation sites is 1. The van der Waals surface area contributed by atoms with Gasteiger partial charge in [0.2, 0.25) is 20.0 Å². The third-order valence-electron chi connectivity index (χ3n) is 20.5. The monoisotopic (exact) mass is 2010 g/mol. The molecule has 8 heterocycles. The highest BCUT2D eigenvalue weighted by molar-refractivity contribution is 9.10. The predicted molar refractivity (Wildman–Crippen MR) is 519 cm³/mol. The molecule has 2 amide bonds. The zero-order chi connectivity index (χ0) is 97.0. The lowest BCUT2D eigenvalue weighted by Gasteiger charge is -2.22. The van der Waals surface area contributed by atoms with E-state index in [0.29, 0.717) is 58.1 Å². The first-order valence-corrected chi connectivity index (χ1v) is 49.6. The molecule has 0 fully saturated rings. The average Bonchev–Trinajstić information content (AvgIpc) is 1.53. The number of furan rings is 4. The van der Waals surface area contributed by atoms with Gasteiger partial charge in [0, 0.05) is 60.9 Å². The quantitative estimate of drug-likeness (QED) is 0.0224. The Morgan fingerprint density at radius 3 is 1.08 bits per heavy atom. The number of phenols is 4. The van der Waals surface area contributed by atoms with Gasteiger partial charge >= 0.3 is 0 Å². The number of halogens is 2. The minimum Gasteiger partial charge on any atom is -0.505 e. The van der Waals surface area contributed by atoms with Crippen LogP contribution < -0.4 is 42.5 Å². The fraction of sp³-hybridized carbons (Fsp3) is 0.412. The number of sulfonamides is 2. The highest BCUT2D eigenvalue weighted by Gasteiger charge is 2.36. The topological polar surface area (TPSA) is 512 Å². The number of anilines is 4. The molecule has 4 aliphatic heterocycles. The van der Waals surface area contributed by atoms with Gasteiger partial charge in [-0.1, -0.05) is 121 Å². The molecule has 0 radical (unpaired) electrons. The summed E-state index contributed by atoms with van der Waals surface area (Å²) < 4.78 is 156. The fourth-order valence-electron chi connectivity index (χ4n) is 12.6. The van der Waals surface area contributed by atoms with E-state index in [0.717, 1.165) is 42.4 Å². The second-order valence-corrected chi connectivity index (χ2v) is 41.8. The van der Waals surface area contributed by atoms with Crippen LogP contribution in [-0.4, -0.2) is 187 Å². The molecule has 131 heavy (non-hydrogen) atoms. The third kappa shape index (κ3) is 25.3. The summed E-state index contributed by atoms with van der Waals surface area (Å²) in [5, 5.41) is 67.2. The van der Waals surface area contributed by atoms with Gasteiger partial charge in [0.25, 0.3) is 56.5 Å². The van der Waals surface area contributed by atoms with Gasteiger partial charge in [0.05, 0.1) is 88.1 Å². The van der Waals surface area contributed by atoms with Crippen molar-refractivity contribution in [3.8, 4) is 23.0 Å². The van der Waals surface area contributed by atoms with Gasteiger partial charge in [-0.05, 0) is 166 Å². The van der Waals surface area contributed by atoms with Crippen molar-refractivity contribution in [2.24, 2.45) is 47.0 Å². The summed E-state index contributed by atoms with van der Waals surface area (Å²) in [5.74, 6) is 3.74. The molecular weight excluding hydrogens is 1900 g/mol. The van der Waals surface area contributed by atoms with Crippen molar-refractivity contribution in [3.05, 3.63) is 175 Å². The van der Waals surface area contributed by atoms with Crippen LogP contribution in [0.4, 0.5) is 22.7 Å². The second kappa shape index (κ2) is 44.5. The van der Waals surface area contributed by atoms with Crippen molar-refractivity contribution in [1.29, 1.82) is 0 Å². The number of benzene rings is 4. The van der Waals surface area contributed by atoms with Crippen LogP contribution in [0.3, 0.4) is 0 Å². The predicted octanol–water partition coefficient (Wildman–Crippen LogP) is 14.7. The molecule has 4 unspecified atom stereocenters. The van der Waals surface area contributed by atoms with Crippen molar-refractivity contribution in [2.75, 3.05) is 77.6 Å². The molecule has 710 valence electrons. The molecule has 0 bridgehead atoms. The van der Waals surface area contributed by atoms with Gasteiger partial charge in [-0.25, -0.2) is 42.3 Å². The summed E-state index contributed by atoms with van der Waals surface area (Å²) in [5.41, 5.74) is 5.82. The van der Waals surface area contributed by atoms with E-state index >= 15 is 0 Å². The molecule has 4 aromatic heterocycles. The number of aryl methyl sites for hydroxylation is 1. The number of nitrogens with zero attached hydrogens (tertiary/aromatic N) is 12. The summed E-state index contributed by atoms with van der Waals surface area (Å²) in [7, 11) is 3.93. The standard InChI is InChI=1S/C23H31N5O4S.C22H28BrN5O4S.C20H26ClN5O5S2.C20H27N5O5S2/c1-12(2)15-10-17(32-11-15)19(13(3)4)25-22-21(26-33(31)27-22)24-16-9-8-14(5)18(20(16)29)23(30)28(6)7;1-11(2)13-9-16(32-10-13)18(12(3)4)25-21-20(26-33(31)27-21)24-15-8-7-14(23)17(19(15)29)22(30)28(5)6;1-6-14(16-9-12(10-31-16)11(2)3)22-19-20(25-32(28)24-19)23-15-8-7-13(21)18(17(15)27)33(29,30)26(4)5;1-6-14(16-10-13(11-30-16)12(2)3)21-19-20(24-31(27)23-19)22-15-8-7-9-17(18(15)26)32(28,29)25(4)5/h8-13,19,29H,1-7H3,(H,24,26)(H,25,27);7-12,18,29H,1-6H3,(H,24,26)(H,25,27);7-11,14,27H,6H2,1-5H3,(H,22,24)(H,23,25);7-12,14,26H,6H2,1-5H3,(H,21,23)(H,22,24)/t19-,33?;18-,33?;14-,32?;14-,31?/m1111/s1. The Morgan fingerprint density at radius 2 is 0.733 bits per heavy atom. The zero-order valence-corrected chi connectivity index (χ0v) is 83.8. The Kier molecular flexibility index (Phi) is 35.3. The van der Waals surface area contributed by atoms with Crippen LogP contribution in [0.5, 0.6) is 23.0 Å². The van der Waals surface area contributed by atoms with E-state index in [-0.39, 0.29) is 150 Å². The van der Waals surface area contributed by atoms with Crippen LogP contribution >= 0.6 is 27.5 Å². The van der Waals surface area contributed by atoms with E-state index in [9.17, 15) is 63.7 Å². The van der Waals surface area contributed by atoms with Gasteiger partial charge in [-0.2, -0.15) is 0 Å². The Bertz CT molecular complexity index is 5990. The maximum absolute atomic E-state index is 12.6. The van der Waals surface area contributed by atoms with E-state index < -0.39 is 81.1 Å². The molecule has 12 N–H and O–H groups in total. The minimum absolute atomic E-state index is 0.0140. The number of phenolic OH excluding ortho intramolecular Hbond substituents is 4. The van der Waals surface area contributed by atoms with E-state index in [2.05, 4.69) is 149 Å². The van der Waals surface area contributed by atoms with Crippen molar-refractivity contribution in [1.82, 2.24) is 39.7 Å². The van der Waals surface area contributed by atoms with Crippen LogP contribution in [0, 0.1) is 18.8 Å². The summed E-state index contributed by atoms with van der Waals surface area (Å²) in [4.78, 5) is 27.1. The smallest absolute Gasteiger partial charge is 0.269 e. The number of carbonyl (C=O) groups is 2. The second-order valence-electron chi connectivity index (χ2n) is 33.0. The number of aromatic hydroxyl groups is 4. The lowest BCUT2D eigenvalue weighted by molar-refractivity contribution is 0.0816. The first-order valence-electron chi connectivity index (χ1n) is 41.3. The maximum atomic E-state index is 12.6. The average molecular weight is 2010 g/mol. The SMILES string of the molecule is CC(C)c1coc([C@H](NC2=NS(=O)N=C2Nc2ccc(Br)c(C(=O)N(C)C)c2O)C(C)C)c1.CC[C@@H](NC1=NS(=O)N=C1Nc1ccc(Cl)c(S(=O)(=O)N(C)C)c1O)c1cc(C(C)C)co1.CC[C@@H](NC1=NS(=O)N=C1Nc1cccc(S(=O)(=O)N(C)C)c1O)c1cc(C(C)C)co1.Cc1ccc(NC2=NS(=O)N=C2N[C@@H](c2cc(C(C)C)co2)C(C)C)c(O)c1C(=O)N(C)C. The van der Waals surface area contributed by atoms with Crippen molar-refractivity contribution in [2.45, 2.75) is 174 Å². The highest BCUT2D eigenvalue weighted by atomic mass is 79.9. The molecule has 0 spiro atoms. The van der Waals surface area contributed by atoms with E-state index in [1.807, 2.05) is 65.8 Å². The number of amidine groups is 8. The van der Waals surface area contributed by atoms with Crippen LogP contribution in [-0.2, 0) is 64.7 Å². The third-order valence-corrected chi connectivity index (χ3v) is 28.0. The fourth-order valence-corrected chi connectivity index (χ4v) is 18.1. The normalized spacial score (nSPS) is 17.0. The molecule has 8 aromatic rings. The first-order chi connectivity index (χ1) is 61.5. The number of carbonyl (C=O) groups excluding carboxylic acids is 2. The summed E-state index contributed by atoms with van der Waals surface area (Å²) in [6.45, 7) is 30.4. The molecule has 46 heteroatoms. The number of nitrogens with one attached hydrogen (secondary N) is 8. The number of hydrogen-bond donors (Lipinski definition) is 12. The summed E-state index contributed by atoms with van der Waals surface area (Å²) in [6.07, 6.45) is 8.19. The molecule has 0 saturated heterocycles. The number of amides is 2. The Hall–Kier alpha value is -10.9. The van der Waals surface area contributed by atoms with Gasteiger partial charge in [-0.3, -0.25) is 9.59 Å². The van der Waals surface area contributed by atoms with Gasteiger partial charge in [0.15, 0.2) is 69.7 Å². The molecule has 0 aliphatic carbocycles. The minimum atomic E-state index is -4.03. The van der Waals surface area contributed by atoms with Crippen LogP contribution in [0.2, 0.25) is 5.02 Å². The van der Waals surface area contributed by atoms with Gasteiger partial charge < -0.3 is 90.4 Å². The lowest BCUT2D eigenvalue weighted by Crippen LogP contribution is -2.38. The highest BCUT2D eigenvalue weighted by Crippen LogP contribution is 2.41. The summed E-state index contributed by atoms with van der Waals surface area (Å²) in [6, 6.07) is 20.5. The molecule has 4 aromatic carbocycles. The van der Waals surface area contributed by atoms with Gasteiger partial charge in [0.1, 0.15) is 32.8 Å². The Labute approximate surface area is 786 Å².